The minimum absolute atomic E-state index is 0.0199. The van der Waals surface area contributed by atoms with Crippen LogP contribution in [0, 0.1) is 0 Å². The van der Waals surface area contributed by atoms with Crippen molar-refractivity contribution in [3.63, 3.8) is 0 Å². The van der Waals surface area contributed by atoms with Crippen LogP contribution in [-0.2, 0) is 20.0 Å². The molecular weight excluding hydrogens is 476 g/mol. The molecule has 2 aromatic carbocycles. The van der Waals surface area contributed by atoms with Crippen molar-refractivity contribution < 1.29 is 21.6 Å². The number of sulfonamides is 2. The summed E-state index contributed by atoms with van der Waals surface area (Å²) in [6.07, 6.45) is 5.87. The van der Waals surface area contributed by atoms with Gasteiger partial charge in [0.2, 0.25) is 0 Å². The Balaban J connectivity index is 1.69. The van der Waals surface area contributed by atoms with Crippen LogP contribution < -0.4 is 14.2 Å². The van der Waals surface area contributed by atoms with Crippen LogP contribution >= 0.6 is 0 Å². The molecule has 4 rings (SSSR count). The SMILES string of the molecule is COc1ccc(-c2ccc(S(=O)(=O)Nc3cccnc3)cc2)c(S(=O)(=O)Nc2cccnc2)c1. The van der Waals surface area contributed by atoms with Gasteiger partial charge in [-0.2, -0.15) is 0 Å². The van der Waals surface area contributed by atoms with Crippen molar-refractivity contribution in [2.24, 2.45) is 0 Å². The highest BCUT2D eigenvalue weighted by molar-refractivity contribution is 7.93. The molecule has 2 N–H and O–H groups in total. The lowest BCUT2D eigenvalue weighted by molar-refractivity contribution is 0.413. The topological polar surface area (TPSA) is 127 Å². The van der Waals surface area contributed by atoms with E-state index >= 15 is 0 Å². The Morgan fingerprint density at radius 3 is 1.85 bits per heavy atom. The molecule has 11 heteroatoms. The highest BCUT2D eigenvalue weighted by atomic mass is 32.2. The van der Waals surface area contributed by atoms with E-state index in [1.807, 2.05) is 0 Å². The minimum atomic E-state index is -4.01. The Morgan fingerprint density at radius 2 is 1.32 bits per heavy atom. The molecule has 0 aliphatic heterocycles. The van der Waals surface area contributed by atoms with Crippen LogP contribution in [0.1, 0.15) is 0 Å². The number of benzene rings is 2. The van der Waals surface area contributed by atoms with Crippen molar-refractivity contribution >= 4 is 31.4 Å². The fourth-order valence-electron chi connectivity index (χ4n) is 3.17. The third kappa shape index (κ3) is 5.16. The molecule has 9 nitrogen and oxygen atoms in total. The zero-order valence-electron chi connectivity index (χ0n) is 17.9. The number of nitrogens with zero attached hydrogens (tertiary/aromatic N) is 2. The van der Waals surface area contributed by atoms with Gasteiger partial charge in [0, 0.05) is 24.0 Å². The third-order valence-electron chi connectivity index (χ3n) is 4.78. The second-order valence-corrected chi connectivity index (χ2v) is 10.4. The lowest BCUT2D eigenvalue weighted by Crippen LogP contribution is -2.14. The molecule has 0 saturated heterocycles. The summed E-state index contributed by atoms with van der Waals surface area (Å²) in [5, 5.41) is 0. The van der Waals surface area contributed by atoms with Crippen LogP contribution in [0.5, 0.6) is 5.75 Å². The first-order valence-electron chi connectivity index (χ1n) is 9.93. The molecule has 4 aromatic rings. The summed E-state index contributed by atoms with van der Waals surface area (Å²) in [6, 6.07) is 16.9. The average Bonchev–Trinajstić information content (AvgIpc) is 2.84. The van der Waals surface area contributed by atoms with Gasteiger partial charge in [-0.15, -0.1) is 0 Å². The van der Waals surface area contributed by atoms with Gasteiger partial charge in [0.15, 0.2) is 0 Å². The van der Waals surface area contributed by atoms with Crippen LogP contribution in [0.3, 0.4) is 0 Å². The van der Waals surface area contributed by atoms with Gasteiger partial charge in [0.25, 0.3) is 20.0 Å². The fourth-order valence-corrected chi connectivity index (χ4v) is 5.51. The summed E-state index contributed by atoms with van der Waals surface area (Å²) < 4.78 is 61.9. The summed E-state index contributed by atoms with van der Waals surface area (Å²) in [7, 11) is -6.42. The van der Waals surface area contributed by atoms with E-state index in [0.717, 1.165) is 0 Å². The van der Waals surface area contributed by atoms with Gasteiger partial charge in [-0.05, 0) is 54.1 Å². The van der Waals surface area contributed by atoms with Crippen molar-refractivity contribution in [3.8, 4) is 16.9 Å². The van der Waals surface area contributed by atoms with E-state index in [2.05, 4.69) is 19.4 Å². The first kappa shape index (κ1) is 23.2. The molecule has 2 aromatic heterocycles. The van der Waals surface area contributed by atoms with Crippen LogP contribution in [0.2, 0.25) is 0 Å². The molecule has 0 atom stereocenters. The summed E-state index contributed by atoms with van der Waals surface area (Å²) in [5.74, 6) is 0.357. The standard InChI is InChI=1S/C23H20N4O5S2/c1-32-20-8-11-22(23(14-20)34(30,31)27-19-5-3-13-25-16-19)17-6-9-21(10-7-17)33(28,29)26-18-4-2-12-24-15-18/h2-16,26-27H,1H3. The third-order valence-corrected chi connectivity index (χ3v) is 7.60. The van der Waals surface area contributed by atoms with Crippen molar-refractivity contribution in [3.05, 3.63) is 91.5 Å². The summed E-state index contributed by atoms with van der Waals surface area (Å²) >= 11 is 0. The van der Waals surface area contributed by atoms with E-state index < -0.39 is 20.0 Å². The van der Waals surface area contributed by atoms with E-state index in [4.69, 9.17) is 4.74 Å². The predicted octanol–water partition coefficient (Wildman–Crippen LogP) is 3.75. The molecule has 0 aliphatic carbocycles. The van der Waals surface area contributed by atoms with Crippen molar-refractivity contribution in [2.45, 2.75) is 9.79 Å². The Bertz CT molecular complexity index is 1490. The molecule has 0 amide bonds. The summed E-state index contributed by atoms with van der Waals surface area (Å²) in [5.41, 5.74) is 1.52. The number of hydrogen-bond acceptors (Lipinski definition) is 7. The fraction of sp³-hybridized carbons (Fsp3) is 0.0435. The number of nitrogens with one attached hydrogen (secondary N) is 2. The highest BCUT2D eigenvalue weighted by Gasteiger charge is 2.22. The van der Waals surface area contributed by atoms with E-state index in [1.165, 1.54) is 50.1 Å². The van der Waals surface area contributed by atoms with E-state index in [1.54, 1.807) is 48.5 Å². The predicted molar refractivity (Wildman–Crippen MR) is 129 cm³/mol. The van der Waals surface area contributed by atoms with Gasteiger partial charge >= 0.3 is 0 Å². The number of ether oxygens (including phenoxy) is 1. The second-order valence-electron chi connectivity index (χ2n) is 7.08. The largest absolute Gasteiger partial charge is 0.497 e. The first-order chi connectivity index (χ1) is 16.3. The number of hydrogen-bond donors (Lipinski definition) is 2. The Hall–Kier alpha value is -3.96. The van der Waals surface area contributed by atoms with Gasteiger partial charge in [0.05, 0.1) is 40.7 Å². The maximum Gasteiger partial charge on any atom is 0.262 e. The quantitative estimate of drug-likeness (QED) is 0.380. The van der Waals surface area contributed by atoms with E-state index in [-0.39, 0.29) is 9.79 Å². The zero-order chi connectivity index (χ0) is 24.2. The molecule has 0 unspecified atom stereocenters. The first-order valence-corrected chi connectivity index (χ1v) is 12.9. The molecular formula is C23H20N4O5S2. The second kappa shape index (κ2) is 9.49. The number of anilines is 2. The van der Waals surface area contributed by atoms with Gasteiger partial charge in [-0.3, -0.25) is 19.4 Å². The average molecular weight is 497 g/mol. The van der Waals surface area contributed by atoms with Crippen molar-refractivity contribution in [1.29, 1.82) is 0 Å². The van der Waals surface area contributed by atoms with Crippen LogP contribution in [-0.4, -0.2) is 33.9 Å². The van der Waals surface area contributed by atoms with Crippen LogP contribution in [0.4, 0.5) is 11.4 Å². The van der Waals surface area contributed by atoms with Gasteiger partial charge in [0.1, 0.15) is 5.75 Å². The zero-order valence-corrected chi connectivity index (χ0v) is 19.5. The molecule has 174 valence electrons. The highest BCUT2D eigenvalue weighted by Crippen LogP contribution is 2.32. The monoisotopic (exact) mass is 496 g/mol. The summed E-state index contributed by atoms with van der Waals surface area (Å²) in [6.45, 7) is 0. The lowest BCUT2D eigenvalue weighted by atomic mass is 10.1. The Labute approximate surface area is 197 Å². The molecule has 34 heavy (non-hydrogen) atoms. The molecule has 2 heterocycles. The van der Waals surface area contributed by atoms with Gasteiger partial charge < -0.3 is 4.74 Å². The van der Waals surface area contributed by atoms with Gasteiger partial charge in [-0.25, -0.2) is 16.8 Å². The van der Waals surface area contributed by atoms with Crippen LogP contribution in [0.25, 0.3) is 11.1 Å². The van der Waals surface area contributed by atoms with Crippen molar-refractivity contribution in [2.75, 3.05) is 16.6 Å². The number of pyridine rings is 2. The maximum absolute atomic E-state index is 13.2. The Kier molecular flexibility index (Phi) is 6.48. The number of methoxy groups -OCH3 is 1. The van der Waals surface area contributed by atoms with E-state index in [9.17, 15) is 16.8 Å². The molecule has 0 fully saturated rings. The Morgan fingerprint density at radius 1 is 0.735 bits per heavy atom. The van der Waals surface area contributed by atoms with Crippen molar-refractivity contribution in [1.82, 2.24) is 9.97 Å². The van der Waals surface area contributed by atoms with Gasteiger partial charge in [-0.1, -0.05) is 12.1 Å². The molecule has 0 aliphatic rings. The molecule has 0 saturated carbocycles. The smallest absolute Gasteiger partial charge is 0.262 e. The molecule has 0 spiro atoms. The number of aromatic nitrogens is 2. The molecule has 0 radical (unpaired) electrons. The van der Waals surface area contributed by atoms with Crippen LogP contribution in [0.15, 0.2) is 101 Å². The maximum atomic E-state index is 13.2. The lowest BCUT2D eigenvalue weighted by Gasteiger charge is -2.14. The normalized spacial score (nSPS) is 11.6. The summed E-state index contributed by atoms with van der Waals surface area (Å²) in [4.78, 5) is 7.80. The minimum Gasteiger partial charge on any atom is -0.497 e. The molecule has 0 bridgehead atoms. The van der Waals surface area contributed by atoms with E-state index in [0.29, 0.717) is 28.3 Å². The number of rotatable bonds is 8.